The molecule has 0 aliphatic heterocycles. The van der Waals surface area contributed by atoms with Crippen molar-refractivity contribution in [3.8, 4) is 0 Å². The molecule has 0 atom stereocenters. The van der Waals surface area contributed by atoms with E-state index >= 15 is 0 Å². The number of nitrogens with one attached hydrogen (secondary N) is 1. The monoisotopic (exact) mass is 292 g/mol. The molecule has 0 amide bonds. The van der Waals surface area contributed by atoms with Crippen LogP contribution in [0, 0.1) is 0 Å². The first-order valence-corrected chi connectivity index (χ1v) is 6.23. The SMILES string of the molecule is FC(F)(F)c1ccc(NCn2nnc3ccccc32)cc1. The normalized spacial score (nSPS) is 11.8. The van der Waals surface area contributed by atoms with Crippen LogP contribution in [0.25, 0.3) is 11.0 Å². The highest BCUT2D eigenvalue weighted by Gasteiger charge is 2.29. The maximum absolute atomic E-state index is 12.5. The number of halogens is 3. The molecule has 2 aromatic carbocycles. The summed E-state index contributed by atoms with van der Waals surface area (Å²) in [6.45, 7) is 0.325. The average molecular weight is 292 g/mol. The minimum absolute atomic E-state index is 0.325. The molecule has 1 heterocycles. The van der Waals surface area contributed by atoms with Crippen molar-refractivity contribution in [1.82, 2.24) is 15.0 Å². The second kappa shape index (κ2) is 5.08. The summed E-state index contributed by atoms with van der Waals surface area (Å²) in [4.78, 5) is 0. The Morgan fingerprint density at radius 2 is 1.71 bits per heavy atom. The molecule has 0 spiro atoms. The van der Waals surface area contributed by atoms with E-state index in [9.17, 15) is 13.2 Å². The van der Waals surface area contributed by atoms with E-state index in [4.69, 9.17) is 0 Å². The largest absolute Gasteiger partial charge is 0.416 e. The summed E-state index contributed by atoms with van der Waals surface area (Å²) < 4.78 is 39.0. The molecule has 0 radical (unpaired) electrons. The maximum Gasteiger partial charge on any atom is 0.416 e. The maximum atomic E-state index is 12.5. The molecule has 7 heteroatoms. The summed E-state index contributed by atoms with van der Waals surface area (Å²) in [6, 6.07) is 12.3. The van der Waals surface area contributed by atoms with Crippen molar-refractivity contribution in [2.45, 2.75) is 12.8 Å². The standard InChI is InChI=1S/C14H11F3N4/c15-14(16,17)10-5-7-11(8-6-10)18-9-21-13-4-2-1-3-12(13)19-20-21/h1-8,18H,9H2. The number of fused-ring (bicyclic) bond motifs is 1. The second-order valence-electron chi connectivity index (χ2n) is 4.49. The van der Waals surface area contributed by atoms with Gasteiger partial charge in [-0.2, -0.15) is 13.2 Å². The van der Waals surface area contributed by atoms with Crippen LogP contribution in [0.4, 0.5) is 18.9 Å². The molecule has 0 aliphatic rings. The van der Waals surface area contributed by atoms with Crippen LogP contribution in [-0.4, -0.2) is 15.0 Å². The van der Waals surface area contributed by atoms with Crippen molar-refractivity contribution in [1.29, 1.82) is 0 Å². The third kappa shape index (κ3) is 2.81. The quantitative estimate of drug-likeness (QED) is 0.803. The van der Waals surface area contributed by atoms with Gasteiger partial charge < -0.3 is 5.32 Å². The molecule has 108 valence electrons. The van der Waals surface area contributed by atoms with Gasteiger partial charge in [0.1, 0.15) is 12.2 Å². The fourth-order valence-electron chi connectivity index (χ4n) is 1.98. The van der Waals surface area contributed by atoms with Crippen LogP contribution in [0.2, 0.25) is 0 Å². The van der Waals surface area contributed by atoms with Gasteiger partial charge in [-0.05, 0) is 36.4 Å². The van der Waals surface area contributed by atoms with Crippen molar-refractivity contribution in [3.05, 3.63) is 54.1 Å². The highest BCUT2D eigenvalue weighted by atomic mass is 19.4. The fourth-order valence-corrected chi connectivity index (χ4v) is 1.98. The Morgan fingerprint density at radius 3 is 2.43 bits per heavy atom. The Morgan fingerprint density at radius 1 is 1.00 bits per heavy atom. The van der Waals surface area contributed by atoms with Gasteiger partial charge in [-0.25, -0.2) is 4.68 Å². The van der Waals surface area contributed by atoms with Gasteiger partial charge in [0.25, 0.3) is 0 Å². The number of rotatable bonds is 3. The highest BCUT2D eigenvalue weighted by molar-refractivity contribution is 5.73. The Labute approximate surface area is 118 Å². The van der Waals surface area contributed by atoms with Crippen molar-refractivity contribution >= 4 is 16.7 Å². The molecular formula is C14H11F3N4. The minimum atomic E-state index is -4.32. The van der Waals surface area contributed by atoms with E-state index in [-0.39, 0.29) is 0 Å². The molecule has 0 saturated heterocycles. The van der Waals surface area contributed by atoms with E-state index in [1.165, 1.54) is 12.1 Å². The Bertz CT molecular complexity index is 747. The first-order valence-electron chi connectivity index (χ1n) is 6.23. The molecule has 21 heavy (non-hydrogen) atoms. The molecule has 3 rings (SSSR count). The van der Waals surface area contributed by atoms with Gasteiger partial charge in [0.05, 0.1) is 11.1 Å². The Kier molecular flexibility index (Phi) is 3.25. The summed E-state index contributed by atoms with van der Waals surface area (Å²) in [5, 5.41) is 11.0. The van der Waals surface area contributed by atoms with E-state index in [1.807, 2.05) is 24.3 Å². The number of benzene rings is 2. The second-order valence-corrected chi connectivity index (χ2v) is 4.49. The van der Waals surface area contributed by atoms with Crippen LogP contribution < -0.4 is 5.32 Å². The predicted octanol–water partition coefficient (Wildman–Crippen LogP) is 3.52. The zero-order valence-electron chi connectivity index (χ0n) is 10.8. The lowest BCUT2D eigenvalue weighted by Gasteiger charge is -2.09. The first kappa shape index (κ1) is 13.4. The third-order valence-corrected chi connectivity index (χ3v) is 3.07. The summed E-state index contributed by atoms with van der Waals surface area (Å²) in [5.74, 6) is 0. The number of aromatic nitrogens is 3. The molecule has 0 aliphatic carbocycles. The molecule has 3 aromatic rings. The van der Waals surface area contributed by atoms with Crippen molar-refractivity contribution in [3.63, 3.8) is 0 Å². The molecular weight excluding hydrogens is 281 g/mol. The minimum Gasteiger partial charge on any atom is -0.366 e. The van der Waals surface area contributed by atoms with E-state index in [2.05, 4.69) is 15.6 Å². The summed E-state index contributed by atoms with van der Waals surface area (Å²) >= 11 is 0. The molecule has 0 bridgehead atoms. The summed E-state index contributed by atoms with van der Waals surface area (Å²) in [6.07, 6.45) is -4.32. The van der Waals surface area contributed by atoms with E-state index in [1.54, 1.807) is 4.68 Å². The van der Waals surface area contributed by atoms with Gasteiger partial charge in [0.15, 0.2) is 0 Å². The Balaban J connectivity index is 1.73. The molecule has 1 aromatic heterocycles. The smallest absolute Gasteiger partial charge is 0.366 e. The molecule has 4 nitrogen and oxygen atoms in total. The van der Waals surface area contributed by atoms with Gasteiger partial charge in [-0.3, -0.25) is 0 Å². The third-order valence-electron chi connectivity index (χ3n) is 3.07. The fraction of sp³-hybridized carbons (Fsp3) is 0.143. The lowest BCUT2D eigenvalue weighted by Crippen LogP contribution is -2.10. The zero-order chi connectivity index (χ0) is 14.9. The van der Waals surface area contributed by atoms with Gasteiger partial charge in [-0.15, -0.1) is 5.10 Å². The van der Waals surface area contributed by atoms with Crippen molar-refractivity contribution in [2.24, 2.45) is 0 Å². The summed E-state index contributed by atoms with van der Waals surface area (Å²) in [5.41, 5.74) is 1.55. The lowest BCUT2D eigenvalue weighted by molar-refractivity contribution is -0.137. The van der Waals surface area contributed by atoms with Crippen molar-refractivity contribution < 1.29 is 13.2 Å². The van der Waals surface area contributed by atoms with Gasteiger partial charge in [0.2, 0.25) is 0 Å². The van der Waals surface area contributed by atoms with Crippen LogP contribution in [-0.2, 0) is 12.8 Å². The number of alkyl halides is 3. The lowest BCUT2D eigenvalue weighted by atomic mass is 10.2. The molecule has 1 N–H and O–H groups in total. The number of hydrogen-bond acceptors (Lipinski definition) is 3. The van der Waals surface area contributed by atoms with Crippen LogP contribution in [0.5, 0.6) is 0 Å². The summed E-state index contributed by atoms with van der Waals surface area (Å²) in [7, 11) is 0. The zero-order valence-corrected chi connectivity index (χ0v) is 10.8. The Hall–Kier alpha value is -2.57. The molecule has 0 fully saturated rings. The van der Waals surface area contributed by atoms with Gasteiger partial charge in [0, 0.05) is 5.69 Å². The van der Waals surface area contributed by atoms with Gasteiger partial charge in [-0.1, -0.05) is 17.3 Å². The van der Waals surface area contributed by atoms with Crippen LogP contribution in [0.15, 0.2) is 48.5 Å². The number of hydrogen-bond donors (Lipinski definition) is 1. The highest BCUT2D eigenvalue weighted by Crippen LogP contribution is 2.29. The van der Waals surface area contributed by atoms with E-state index in [0.29, 0.717) is 12.4 Å². The number of nitrogens with zero attached hydrogens (tertiary/aromatic N) is 3. The van der Waals surface area contributed by atoms with E-state index < -0.39 is 11.7 Å². The van der Waals surface area contributed by atoms with E-state index in [0.717, 1.165) is 23.2 Å². The van der Waals surface area contributed by atoms with Crippen LogP contribution >= 0.6 is 0 Å². The van der Waals surface area contributed by atoms with Crippen LogP contribution in [0.1, 0.15) is 5.56 Å². The molecule has 0 saturated carbocycles. The molecule has 0 unspecified atom stereocenters. The van der Waals surface area contributed by atoms with Crippen molar-refractivity contribution in [2.75, 3.05) is 5.32 Å². The van der Waals surface area contributed by atoms with Gasteiger partial charge >= 0.3 is 6.18 Å². The number of para-hydroxylation sites is 1. The first-order chi connectivity index (χ1) is 10.0. The average Bonchev–Trinajstić information content (AvgIpc) is 2.88. The predicted molar refractivity (Wildman–Crippen MR) is 72.6 cm³/mol. The topological polar surface area (TPSA) is 42.7 Å². The number of anilines is 1. The van der Waals surface area contributed by atoms with Crippen LogP contribution in [0.3, 0.4) is 0 Å².